The molecule has 2 N–H and O–H groups in total. The van der Waals surface area contributed by atoms with Gasteiger partial charge in [-0.3, -0.25) is 0 Å². The maximum absolute atomic E-state index is 8.97. The third-order valence-corrected chi connectivity index (χ3v) is 3.46. The first-order chi connectivity index (χ1) is 9.02. The Bertz CT molecular complexity index is 621. The maximum atomic E-state index is 8.97. The van der Waals surface area contributed by atoms with Crippen molar-refractivity contribution in [2.75, 3.05) is 19.3 Å². The van der Waals surface area contributed by atoms with E-state index in [9.17, 15) is 0 Å². The molecule has 0 bridgehead atoms. The zero-order valence-corrected chi connectivity index (χ0v) is 11.6. The van der Waals surface area contributed by atoms with Crippen LogP contribution in [0.5, 0.6) is 0 Å². The fourth-order valence-corrected chi connectivity index (χ4v) is 1.96. The van der Waals surface area contributed by atoms with Crippen LogP contribution in [0, 0.1) is 11.3 Å². The van der Waals surface area contributed by atoms with Crippen molar-refractivity contribution in [3.05, 3.63) is 23.8 Å². The Hall–Kier alpha value is -2.06. The molecule has 1 aromatic carbocycles. The number of likely N-dealkylation sites (N-methyl/N-ethyl adjacent to an activating group) is 1. The van der Waals surface area contributed by atoms with Gasteiger partial charge in [-0.05, 0) is 39.1 Å². The van der Waals surface area contributed by atoms with Crippen LogP contribution in [0.3, 0.4) is 0 Å². The third kappa shape index (κ3) is 2.69. The summed E-state index contributed by atoms with van der Waals surface area (Å²) in [6, 6.07) is 8.08. The van der Waals surface area contributed by atoms with Crippen LogP contribution in [0.25, 0.3) is 11.0 Å². The summed E-state index contributed by atoms with van der Waals surface area (Å²) in [6.07, 6.45) is 0. The van der Waals surface area contributed by atoms with Gasteiger partial charge in [0, 0.05) is 19.1 Å². The van der Waals surface area contributed by atoms with Crippen molar-refractivity contribution in [3.8, 4) is 6.07 Å². The van der Waals surface area contributed by atoms with E-state index < -0.39 is 0 Å². The summed E-state index contributed by atoms with van der Waals surface area (Å²) in [5.74, 6) is 0.502. The molecule has 0 saturated carbocycles. The lowest BCUT2D eigenvalue weighted by molar-refractivity contribution is 0.264. The minimum Gasteiger partial charge on any atom is -0.369 e. The molecule has 5 heteroatoms. The van der Waals surface area contributed by atoms with Crippen LogP contribution in [0.15, 0.2) is 18.2 Å². The van der Waals surface area contributed by atoms with Crippen molar-refractivity contribution >= 4 is 17.0 Å². The number of nitrogens with two attached hydrogens (primary N) is 1. The number of aromatic nitrogens is 2. The average Bonchev–Trinajstić information content (AvgIpc) is 2.70. The third-order valence-electron chi connectivity index (χ3n) is 3.46. The lowest BCUT2D eigenvalue weighted by Crippen LogP contribution is -2.29. The molecule has 100 valence electrons. The summed E-state index contributed by atoms with van der Waals surface area (Å²) in [4.78, 5) is 6.57. The second-order valence-corrected chi connectivity index (χ2v) is 5.01. The predicted octanol–water partition coefficient (Wildman–Crippen LogP) is 1.83. The molecule has 0 atom stereocenters. The first-order valence-corrected chi connectivity index (χ1v) is 6.39. The van der Waals surface area contributed by atoms with E-state index in [1.165, 1.54) is 0 Å². The van der Waals surface area contributed by atoms with Gasteiger partial charge in [-0.15, -0.1) is 0 Å². The zero-order chi connectivity index (χ0) is 14.0. The second kappa shape index (κ2) is 5.29. The Morgan fingerprint density at radius 2 is 2.21 bits per heavy atom. The van der Waals surface area contributed by atoms with Crippen molar-refractivity contribution in [2.45, 2.75) is 26.4 Å². The molecular formula is C14H19N5. The summed E-state index contributed by atoms with van der Waals surface area (Å²) < 4.78 is 1.97. The molecule has 19 heavy (non-hydrogen) atoms. The van der Waals surface area contributed by atoms with E-state index in [0.29, 0.717) is 17.6 Å². The monoisotopic (exact) mass is 257 g/mol. The molecule has 0 saturated heterocycles. The molecule has 0 spiro atoms. The minimum atomic E-state index is 0.491. The number of nitrogen functional groups attached to an aromatic ring is 1. The molecule has 2 rings (SSSR count). The van der Waals surface area contributed by atoms with Crippen LogP contribution < -0.4 is 5.73 Å². The number of anilines is 1. The molecule has 2 aromatic rings. The van der Waals surface area contributed by atoms with E-state index in [-0.39, 0.29) is 0 Å². The van der Waals surface area contributed by atoms with Crippen LogP contribution in [0.4, 0.5) is 5.95 Å². The highest BCUT2D eigenvalue weighted by molar-refractivity contribution is 5.79. The lowest BCUT2D eigenvalue weighted by atomic mass is 10.2. The molecule has 1 aromatic heterocycles. The summed E-state index contributed by atoms with van der Waals surface area (Å²) in [6.45, 7) is 5.97. The molecule has 1 heterocycles. The highest BCUT2D eigenvalue weighted by Crippen LogP contribution is 2.19. The van der Waals surface area contributed by atoms with Gasteiger partial charge in [0.15, 0.2) is 0 Å². The average molecular weight is 257 g/mol. The Morgan fingerprint density at radius 3 is 2.84 bits per heavy atom. The van der Waals surface area contributed by atoms with E-state index in [1.807, 2.05) is 16.7 Å². The molecule has 0 fully saturated rings. The largest absolute Gasteiger partial charge is 0.369 e. The minimum absolute atomic E-state index is 0.491. The lowest BCUT2D eigenvalue weighted by Gasteiger charge is -2.21. The Morgan fingerprint density at radius 1 is 1.47 bits per heavy atom. The number of rotatable bonds is 4. The van der Waals surface area contributed by atoms with Crippen molar-refractivity contribution in [1.29, 1.82) is 5.26 Å². The molecule has 0 amide bonds. The standard InChI is InChI=1S/C14H19N5/c1-10(2)18(3)6-7-19-13-8-11(9-15)4-5-12(13)17-14(19)16/h4-5,8,10H,6-7H2,1-3H3,(H2,16,17). The quantitative estimate of drug-likeness (QED) is 0.907. The van der Waals surface area contributed by atoms with Crippen molar-refractivity contribution in [1.82, 2.24) is 14.5 Å². The van der Waals surface area contributed by atoms with E-state index >= 15 is 0 Å². The molecule has 0 aliphatic carbocycles. The maximum Gasteiger partial charge on any atom is 0.201 e. The Balaban J connectivity index is 2.31. The summed E-state index contributed by atoms with van der Waals surface area (Å²) in [7, 11) is 2.08. The van der Waals surface area contributed by atoms with Gasteiger partial charge in [0.25, 0.3) is 0 Å². The van der Waals surface area contributed by atoms with Gasteiger partial charge >= 0.3 is 0 Å². The SMILES string of the molecule is CC(C)N(C)CCn1c(N)nc2ccc(C#N)cc21. The van der Waals surface area contributed by atoms with E-state index in [4.69, 9.17) is 11.0 Å². The molecule has 0 aliphatic rings. The van der Waals surface area contributed by atoms with Gasteiger partial charge in [-0.1, -0.05) is 0 Å². The summed E-state index contributed by atoms with van der Waals surface area (Å²) >= 11 is 0. The Kier molecular flexibility index (Phi) is 3.72. The van der Waals surface area contributed by atoms with Gasteiger partial charge in [-0.25, -0.2) is 4.98 Å². The molecule has 5 nitrogen and oxygen atoms in total. The van der Waals surface area contributed by atoms with Crippen molar-refractivity contribution in [2.24, 2.45) is 0 Å². The van der Waals surface area contributed by atoms with E-state index in [1.54, 1.807) is 6.07 Å². The van der Waals surface area contributed by atoms with Crippen LogP contribution in [0.2, 0.25) is 0 Å². The zero-order valence-electron chi connectivity index (χ0n) is 11.6. The Labute approximate surface area is 113 Å². The topological polar surface area (TPSA) is 70.9 Å². The van der Waals surface area contributed by atoms with Crippen molar-refractivity contribution in [3.63, 3.8) is 0 Å². The fourth-order valence-electron chi connectivity index (χ4n) is 1.96. The molecule has 0 radical (unpaired) electrons. The number of imidazole rings is 1. The number of benzene rings is 1. The van der Waals surface area contributed by atoms with Crippen molar-refractivity contribution < 1.29 is 0 Å². The number of fused-ring (bicyclic) bond motifs is 1. The predicted molar refractivity (Wildman–Crippen MR) is 76.6 cm³/mol. The van der Waals surface area contributed by atoms with Crippen LogP contribution in [-0.2, 0) is 6.54 Å². The highest BCUT2D eigenvalue weighted by Gasteiger charge is 2.10. The summed E-state index contributed by atoms with van der Waals surface area (Å²) in [5.41, 5.74) is 8.35. The second-order valence-electron chi connectivity index (χ2n) is 5.01. The van der Waals surface area contributed by atoms with Crippen LogP contribution in [0.1, 0.15) is 19.4 Å². The van der Waals surface area contributed by atoms with E-state index in [2.05, 4.69) is 36.8 Å². The molecule has 0 aliphatic heterocycles. The fraction of sp³-hybridized carbons (Fsp3) is 0.429. The first kappa shape index (κ1) is 13.4. The summed E-state index contributed by atoms with van der Waals surface area (Å²) in [5, 5.41) is 8.97. The number of nitriles is 1. The highest BCUT2D eigenvalue weighted by atomic mass is 15.2. The van der Waals surface area contributed by atoms with Gasteiger partial charge in [0.05, 0.1) is 22.7 Å². The van der Waals surface area contributed by atoms with Gasteiger partial charge in [0.2, 0.25) is 5.95 Å². The van der Waals surface area contributed by atoms with Gasteiger partial charge < -0.3 is 15.2 Å². The number of hydrogen-bond donors (Lipinski definition) is 1. The normalized spacial score (nSPS) is 11.4. The molecular weight excluding hydrogens is 238 g/mol. The van der Waals surface area contributed by atoms with E-state index in [0.717, 1.165) is 24.1 Å². The first-order valence-electron chi connectivity index (χ1n) is 6.39. The molecule has 0 unspecified atom stereocenters. The van der Waals surface area contributed by atoms with Gasteiger partial charge in [-0.2, -0.15) is 5.26 Å². The van der Waals surface area contributed by atoms with Crippen LogP contribution >= 0.6 is 0 Å². The smallest absolute Gasteiger partial charge is 0.201 e. The number of nitrogens with zero attached hydrogens (tertiary/aromatic N) is 4. The van der Waals surface area contributed by atoms with Gasteiger partial charge in [0.1, 0.15) is 0 Å². The number of hydrogen-bond acceptors (Lipinski definition) is 4. The van der Waals surface area contributed by atoms with Crippen LogP contribution in [-0.4, -0.2) is 34.1 Å².